The zero-order valence-corrected chi connectivity index (χ0v) is 9.12. The molecule has 0 aliphatic heterocycles. The quantitative estimate of drug-likeness (QED) is 0.607. The van der Waals surface area contributed by atoms with Crippen molar-refractivity contribution in [3.05, 3.63) is 36.0 Å². The summed E-state index contributed by atoms with van der Waals surface area (Å²) >= 11 is 0. The van der Waals surface area contributed by atoms with Gasteiger partial charge in [0.25, 0.3) is 0 Å². The number of H-pyrrole nitrogens is 1. The third-order valence-electron chi connectivity index (χ3n) is 2.39. The number of carbonyl (C=O) groups excluding carboxylic acids is 1. The summed E-state index contributed by atoms with van der Waals surface area (Å²) in [6, 6.07) is 8.13. The van der Waals surface area contributed by atoms with Crippen LogP contribution in [0.2, 0.25) is 0 Å². The van der Waals surface area contributed by atoms with Gasteiger partial charge in [-0.1, -0.05) is 18.2 Å². The fourth-order valence-electron chi connectivity index (χ4n) is 1.68. The van der Waals surface area contributed by atoms with Crippen LogP contribution in [0.5, 0.6) is 0 Å². The van der Waals surface area contributed by atoms with Crippen molar-refractivity contribution >= 4 is 16.9 Å². The number of aromatic amines is 1. The maximum atomic E-state index is 10.5. The average molecular weight is 218 g/mol. The normalized spacial score (nSPS) is 10.6. The van der Waals surface area contributed by atoms with Gasteiger partial charge >= 0.3 is 5.97 Å². The molecule has 0 fully saturated rings. The van der Waals surface area contributed by atoms with Crippen LogP contribution in [0.4, 0.5) is 0 Å². The van der Waals surface area contributed by atoms with E-state index >= 15 is 0 Å². The second-order valence-corrected chi connectivity index (χ2v) is 3.60. The van der Waals surface area contributed by atoms with E-state index in [1.54, 1.807) is 0 Å². The number of para-hydroxylation sites is 1. The first kappa shape index (κ1) is 10.7. The van der Waals surface area contributed by atoms with E-state index in [4.69, 9.17) is 0 Å². The van der Waals surface area contributed by atoms with Crippen LogP contribution < -0.4 is 5.48 Å². The Labute approximate surface area is 93.6 Å². The number of benzene rings is 1. The number of hydrogen-bond acceptors (Lipinski definition) is 3. The Morgan fingerprint density at radius 3 is 3.06 bits per heavy atom. The van der Waals surface area contributed by atoms with E-state index in [1.807, 2.05) is 24.4 Å². The van der Waals surface area contributed by atoms with Crippen LogP contribution in [0.3, 0.4) is 0 Å². The van der Waals surface area contributed by atoms with E-state index in [9.17, 15) is 4.79 Å². The van der Waals surface area contributed by atoms with Gasteiger partial charge in [-0.2, -0.15) is 5.48 Å². The van der Waals surface area contributed by atoms with Crippen LogP contribution in [-0.2, 0) is 16.1 Å². The van der Waals surface area contributed by atoms with Crippen LogP contribution in [0.15, 0.2) is 30.5 Å². The molecule has 1 aromatic carbocycles. The zero-order valence-electron chi connectivity index (χ0n) is 9.12. The molecule has 0 aliphatic rings. The molecule has 0 unspecified atom stereocenters. The summed E-state index contributed by atoms with van der Waals surface area (Å²) < 4.78 is 0. The molecular formula is C12H14N2O2. The van der Waals surface area contributed by atoms with Crippen molar-refractivity contribution in [2.24, 2.45) is 0 Å². The number of aromatic nitrogens is 1. The Balaban J connectivity index is 1.97. The zero-order chi connectivity index (χ0) is 11.4. The molecule has 84 valence electrons. The van der Waals surface area contributed by atoms with Gasteiger partial charge < -0.3 is 9.82 Å². The highest BCUT2D eigenvalue weighted by Crippen LogP contribution is 2.17. The highest BCUT2D eigenvalue weighted by molar-refractivity contribution is 5.83. The molecule has 0 saturated heterocycles. The number of nitrogens with one attached hydrogen (secondary N) is 2. The fourth-order valence-corrected chi connectivity index (χ4v) is 1.68. The Kier molecular flexibility index (Phi) is 3.22. The predicted octanol–water partition coefficient (Wildman–Crippen LogP) is 1.78. The summed E-state index contributed by atoms with van der Waals surface area (Å²) in [6.45, 7) is 1.99. The summed E-state index contributed by atoms with van der Waals surface area (Å²) in [5.41, 5.74) is 4.97. The number of hydrogen-bond donors (Lipinski definition) is 2. The van der Waals surface area contributed by atoms with Crippen LogP contribution in [-0.4, -0.2) is 17.5 Å². The highest BCUT2D eigenvalue weighted by Gasteiger charge is 2.02. The molecule has 0 amide bonds. The molecule has 4 nitrogen and oxygen atoms in total. The maximum absolute atomic E-state index is 10.5. The molecule has 0 aliphatic carbocycles. The first-order chi connectivity index (χ1) is 7.77. The van der Waals surface area contributed by atoms with Crippen molar-refractivity contribution in [3.8, 4) is 0 Å². The van der Waals surface area contributed by atoms with Gasteiger partial charge in [0.05, 0.1) is 0 Å². The molecule has 16 heavy (non-hydrogen) atoms. The Hall–Kier alpha value is -1.81. The van der Waals surface area contributed by atoms with Crippen LogP contribution in [0.1, 0.15) is 12.5 Å². The molecule has 2 N–H and O–H groups in total. The average Bonchev–Trinajstić information content (AvgIpc) is 2.68. The molecule has 0 spiro atoms. The molecule has 0 saturated carbocycles. The van der Waals surface area contributed by atoms with Crippen molar-refractivity contribution in [3.63, 3.8) is 0 Å². The van der Waals surface area contributed by atoms with Crippen LogP contribution in [0.25, 0.3) is 10.9 Å². The standard InChI is InChI=1S/C12H14N2O2/c1-9(15)16-14-7-6-10-8-13-12-5-3-2-4-11(10)12/h2-5,8,13-14H,6-7H2,1H3. The minimum Gasteiger partial charge on any atom is -0.371 e. The second-order valence-electron chi connectivity index (χ2n) is 3.60. The number of carbonyl (C=O) groups is 1. The summed E-state index contributed by atoms with van der Waals surface area (Å²) in [5.74, 6) is -0.320. The third kappa shape index (κ3) is 2.41. The molecule has 0 bridgehead atoms. The van der Waals surface area contributed by atoms with Gasteiger partial charge in [0.2, 0.25) is 0 Å². The van der Waals surface area contributed by atoms with Gasteiger partial charge in [-0.3, -0.25) is 4.79 Å². The molecule has 4 heteroatoms. The van der Waals surface area contributed by atoms with Gasteiger partial charge in [0, 0.05) is 30.6 Å². The third-order valence-corrected chi connectivity index (χ3v) is 2.39. The van der Waals surface area contributed by atoms with E-state index in [2.05, 4.69) is 21.4 Å². The minimum absolute atomic E-state index is 0.320. The molecule has 0 atom stereocenters. The monoisotopic (exact) mass is 218 g/mol. The van der Waals surface area contributed by atoms with Gasteiger partial charge in [-0.05, 0) is 18.1 Å². The predicted molar refractivity (Wildman–Crippen MR) is 61.8 cm³/mol. The summed E-state index contributed by atoms with van der Waals surface area (Å²) in [4.78, 5) is 18.4. The Morgan fingerprint density at radius 2 is 2.25 bits per heavy atom. The van der Waals surface area contributed by atoms with Crippen molar-refractivity contribution in [2.75, 3.05) is 6.54 Å². The molecule has 1 heterocycles. The topological polar surface area (TPSA) is 54.1 Å². The van der Waals surface area contributed by atoms with E-state index in [0.717, 1.165) is 11.9 Å². The number of fused-ring (bicyclic) bond motifs is 1. The molecular weight excluding hydrogens is 204 g/mol. The van der Waals surface area contributed by atoms with Crippen LogP contribution in [0, 0.1) is 0 Å². The Morgan fingerprint density at radius 1 is 1.44 bits per heavy atom. The molecule has 2 rings (SSSR count). The van der Waals surface area contributed by atoms with Gasteiger partial charge in [0.15, 0.2) is 0 Å². The Bertz CT molecular complexity index is 490. The highest BCUT2D eigenvalue weighted by atomic mass is 16.7. The summed E-state index contributed by atoms with van der Waals surface area (Å²) in [7, 11) is 0. The first-order valence-electron chi connectivity index (χ1n) is 5.22. The molecule has 0 radical (unpaired) electrons. The largest absolute Gasteiger partial charge is 0.371 e. The van der Waals surface area contributed by atoms with Crippen molar-refractivity contribution in [2.45, 2.75) is 13.3 Å². The van der Waals surface area contributed by atoms with Gasteiger partial charge in [0.1, 0.15) is 0 Å². The van der Waals surface area contributed by atoms with Crippen molar-refractivity contribution < 1.29 is 9.63 Å². The van der Waals surface area contributed by atoms with Crippen LogP contribution >= 0.6 is 0 Å². The lowest BCUT2D eigenvalue weighted by Gasteiger charge is -2.02. The van der Waals surface area contributed by atoms with Gasteiger partial charge in [-0.15, -0.1) is 0 Å². The summed E-state index contributed by atoms with van der Waals surface area (Å²) in [6.07, 6.45) is 2.80. The fraction of sp³-hybridized carbons (Fsp3) is 0.250. The lowest BCUT2D eigenvalue weighted by Crippen LogP contribution is -2.20. The lowest BCUT2D eigenvalue weighted by molar-refractivity contribution is -0.148. The van der Waals surface area contributed by atoms with E-state index in [-0.39, 0.29) is 5.97 Å². The molecule has 2 aromatic rings. The van der Waals surface area contributed by atoms with E-state index < -0.39 is 0 Å². The minimum atomic E-state index is -0.320. The lowest BCUT2D eigenvalue weighted by atomic mass is 10.1. The van der Waals surface area contributed by atoms with E-state index in [0.29, 0.717) is 6.54 Å². The number of rotatable bonds is 4. The van der Waals surface area contributed by atoms with E-state index in [1.165, 1.54) is 17.9 Å². The smallest absolute Gasteiger partial charge is 0.321 e. The second kappa shape index (κ2) is 4.81. The SMILES string of the molecule is CC(=O)ONCCc1c[nH]c2ccccc12. The van der Waals surface area contributed by atoms with Crippen molar-refractivity contribution in [1.82, 2.24) is 10.5 Å². The maximum Gasteiger partial charge on any atom is 0.321 e. The van der Waals surface area contributed by atoms with Gasteiger partial charge in [-0.25, -0.2) is 0 Å². The molecule has 1 aromatic heterocycles. The summed E-state index contributed by atoms with van der Waals surface area (Å²) in [5, 5.41) is 1.21. The van der Waals surface area contributed by atoms with Crippen molar-refractivity contribution in [1.29, 1.82) is 0 Å². The first-order valence-corrected chi connectivity index (χ1v) is 5.22. The number of hydroxylamine groups is 1.